The quantitative estimate of drug-likeness (QED) is 0.455. The molecule has 1 aliphatic heterocycles. The van der Waals surface area contributed by atoms with Crippen LogP contribution in [0.1, 0.15) is 19.8 Å². The highest BCUT2D eigenvalue weighted by atomic mass is 35.5. The second-order valence-electron chi connectivity index (χ2n) is 6.67. The van der Waals surface area contributed by atoms with Crippen molar-refractivity contribution in [2.45, 2.75) is 36.6 Å². The van der Waals surface area contributed by atoms with Gasteiger partial charge in [-0.3, -0.25) is 14.6 Å². The number of thioether (sulfide) groups is 1. The van der Waals surface area contributed by atoms with Crippen LogP contribution in [0.4, 0.5) is 11.6 Å². The number of likely N-dealkylation sites (tertiary alicyclic amines) is 1. The van der Waals surface area contributed by atoms with Crippen LogP contribution in [0.25, 0.3) is 11.0 Å². The van der Waals surface area contributed by atoms with Gasteiger partial charge in [0.05, 0.1) is 17.3 Å². The molecule has 3 aromatic heterocycles. The Bertz CT molecular complexity index is 1050. The van der Waals surface area contributed by atoms with Gasteiger partial charge >= 0.3 is 0 Å². The van der Waals surface area contributed by atoms with E-state index < -0.39 is 0 Å². The topological polar surface area (TPSA) is 105 Å². The van der Waals surface area contributed by atoms with E-state index in [2.05, 4.69) is 37.2 Å². The van der Waals surface area contributed by atoms with Gasteiger partial charge in [-0.1, -0.05) is 18.2 Å². The number of carbonyl (C=O) groups is 1. The number of aryl methyl sites for hydroxylation is 1. The number of hydrogen-bond donors (Lipinski definition) is 2. The molecule has 9 nitrogen and oxygen atoms in total. The summed E-state index contributed by atoms with van der Waals surface area (Å²) in [4.78, 5) is 23.0. The van der Waals surface area contributed by atoms with E-state index in [4.69, 9.17) is 11.6 Å². The Morgan fingerprint density at radius 3 is 3.14 bits per heavy atom. The average Bonchev–Trinajstić information content (AvgIpc) is 3.34. The van der Waals surface area contributed by atoms with Gasteiger partial charge in [0.25, 0.3) is 0 Å². The lowest BCUT2D eigenvalue weighted by atomic mass is 10.1. The fraction of sp³-hybridized carbons (Fsp3) is 0.389. The minimum atomic E-state index is -0.0419. The van der Waals surface area contributed by atoms with Gasteiger partial charge in [-0.15, -0.1) is 11.8 Å². The third kappa shape index (κ3) is 4.23. The van der Waals surface area contributed by atoms with E-state index in [0.717, 1.165) is 36.6 Å². The number of aromatic amines is 1. The number of H-pyrrole nitrogens is 1. The molecule has 4 heterocycles. The zero-order chi connectivity index (χ0) is 20.4. The Morgan fingerprint density at radius 2 is 2.38 bits per heavy atom. The van der Waals surface area contributed by atoms with E-state index in [1.165, 1.54) is 6.08 Å². The highest BCUT2D eigenvalue weighted by Gasteiger charge is 2.25. The Balaban J connectivity index is 1.61. The SMILES string of the molecule is C=CC(=O)N1CCCC(Sc2nc(Nc3cnn(CC)c3)nc3[nH]nc(Cl)c23)C1. The molecule has 29 heavy (non-hydrogen) atoms. The lowest BCUT2D eigenvalue weighted by molar-refractivity contribution is -0.126. The monoisotopic (exact) mass is 432 g/mol. The van der Waals surface area contributed by atoms with Crippen LogP contribution in [0, 0.1) is 0 Å². The van der Waals surface area contributed by atoms with Crippen LogP contribution in [0.15, 0.2) is 30.1 Å². The normalized spacial score (nSPS) is 16.9. The molecule has 0 aliphatic carbocycles. The molecule has 152 valence electrons. The van der Waals surface area contributed by atoms with Gasteiger partial charge in [0.15, 0.2) is 10.8 Å². The maximum Gasteiger partial charge on any atom is 0.245 e. The molecule has 0 aromatic carbocycles. The molecule has 0 spiro atoms. The number of nitrogens with zero attached hydrogens (tertiary/aromatic N) is 6. The van der Waals surface area contributed by atoms with Crippen molar-refractivity contribution in [3.63, 3.8) is 0 Å². The molecule has 2 N–H and O–H groups in total. The highest BCUT2D eigenvalue weighted by Crippen LogP contribution is 2.36. The van der Waals surface area contributed by atoms with Gasteiger partial charge in [0.2, 0.25) is 11.9 Å². The van der Waals surface area contributed by atoms with Crippen molar-refractivity contribution >= 4 is 51.9 Å². The summed E-state index contributed by atoms with van der Waals surface area (Å²) < 4.78 is 1.82. The fourth-order valence-electron chi connectivity index (χ4n) is 3.26. The predicted octanol–water partition coefficient (Wildman–Crippen LogP) is 3.24. The van der Waals surface area contributed by atoms with E-state index in [0.29, 0.717) is 28.7 Å². The van der Waals surface area contributed by atoms with Crippen LogP contribution in [0.3, 0.4) is 0 Å². The Morgan fingerprint density at radius 1 is 1.52 bits per heavy atom. The minimum Gasteiger partial charge on any atom is -0.338 e. The first-order valence-corrected chi connectivity index (χ1v) is 10.6. The summed E-state index contributed by atoms with van der Waals surface area (Å²) in [6.45, 7) is 7.78. The zero-order valence-corrected chi connectivity index (χ0v) is 17.5. The summed E-state index contributed by atoms with van der Waals surface area (Å²) in [5, 5.41) is 16.3. The number of amides is 1. The largest absolute Gasteiger partial charge is 0.338 e. The molecule has 0 saturated carbocycles. The van der Waals surface area contributed by atoms with E-state index in [1.54, 1.807) is 18.0 Å². The third-order valence-corrected chi connectivity index (χ3v) is 6.21. The fourth-order valence-corrected chi connectivity index (χ4v) is 4.84. The van der Waals surface area contributed by atoms with Crippen molar-refractivity contribution in [1.82, 2.24) is 34.8 Å². The van der Waals surface area contributed by atoms with Gasteiger partial charge in [-0.2, -0.15) is 15.2 Å². The standard InChI is InChI=1S/C18H21ClN8OS/c1-3-13(28)26-7-5-6-12(10-26)29-17-14-15(19)24-25-16(14)22-18(23-17)21-11-8-20-27(4-2)9-11/h3,8-9,12H,1,4-7,10H2,2H3,(H2,21,22,23,24,25). The van der Waals surface area contributed by atoms with Gasteiger partial charge in [-0.25, -0.2) is 4.98 Å². The molecule has 0 bridgehead atoms. The van der Waals surface area contributed by atoms with Crippen LogP contribution >= 0.6 is 23.4 Å². The van der Waals surface area contributed by atoms with E-state index in [-0.39, 0.29) is 11.2 Å². The number of hydrogen-bond acceptors (Lipinski definition) is 7. The summed E-state index contributed by atoms with van der Waals surface area (Å²) >= 11 is 7.88. The maximum absolute atomic E-state index is 12.0. The maximum atomic E-state index is 12.0. The predicted molar refractivity (Wildman–Crippen MR) is 114 cm³/mol. The number of nitrogens with one attached hydrogen (secondary N) is 2. The van der Waals surface area contributed by atoms with E-state index >= 15 is 0 Å². The number of halogens is 1. The number of fused-ring (bicyclic) bond motifs is 1. The molecule has 11 heteroatoms. The number of rotatable bonds is 6. The van der Waals surface area contributed by atoms with Crippen LogP contribution in [-0.2, 0) is 11.3 Å². The van der Waals surface area contributed by atoms with Crippen LogP contribution in [0.5, 0.6) is 0 Å². The second kappa shape index (κ2) is 8.42. The molecule has 1 atom stereocenters. The Kier molecular flexibility index (Phi) is 5.72. The Labute approximate surface area is 176 Å². The first-order chi connectivity index (χ1) is 14.1. The van der Waals surface area contributed by atoms with Crippen molar-refractivity contribution in [2.24, 2.45) is 0 Å². The number of carbonyl (C=O) groups excluding carboxylic acids is 1. The molecule has 4 rings (SSSR count). The molecule has 3 aromatic rings. The molecular weight excluding hydrogens is 412 g/mol. The van der Waals surface area contributed by atoms with E-state index in [1.807, 2.05) is 22.7 Å². The van der Waals surface area contributed by atoms with Gasteiger partial charge in [0.1, 0.15) is 5.03 Å². The number of anilines is 2. The molecule has 1 unspecified atom stereocenters. The second-order valence-corrected chi connectivity index (χ2v) is 8.32. The van der Waals surface area contributed by atoms with Crippen LogP contribution in [-0.4, -0.2) is 59.1 Å². The first kappa shape index (κ1) is 19.7. The molecule has 1 amide bonds. The lowest BCUT2D eigenvalue weighted by Gasteiger charge is -2.31. The molecule has 1 saturated heterocycles. The van der Waals surface area contributed by atoms with Crippen LogP contribution in [0.2, 0.25) is 5.15 Å². The average molecular weight is 433 g/mol. The van der Waals surface area contributed by atoms with Crippen molar-refractivity contribution in [3.05, 3.63) is 30.2 Å². The first-order valence-electron chi connectivity index (χ1n) is 9.36. The molecule has 0 radical (unpaired) electrons. The minimum absolute atomic E-state index is 0.0419. The molecule has 1 aliphatic rings. The number of aromatic nitrogens is 6. The van der Waals surface area contributed by atoms with Crippen molar-refractivity contribution in [3.8, 4) is 0 Å². The summed E-state index contributed by atoms with van der Waals surface area (Å²) in [7, 11) is 0. The van der Waals surface area contributed by atoms with Crippen molar-refractivity contribution in [2.75, 3.05) is 18.4 Å². The van der Waals surface area contributed by atoms with Crippen molar-refractivity contribution < 1.29 is 4.79 Å². The Hall–Kier alpha value is -2.59. The van der Waals surface area contributed by atoms with Crippen molar-refractivity contribution in [1.29, 1.82) is 0 Å². The van der Waals surface area contributed by atoms with Gasteiger partial charge < -0.3 is 10.2 Å². The molecule has 1 fully saturated rings. The smallest absolute Gasteiger partial charge is 0.245 e. The summed E-state index contributed by atoms with van der Waals surface area (Å²) in [6.07, 6.45) is 6.90. The number of piperidine rings is 1. The molecular formula is C18H21ClN8OS. The third-order valence-electron chi connectivity index (χ3n) is 4.70. The summed E-state index contributed by atoms with van der Waals surface area (Å²) in [5.41, 5.74) is 1.36. The zero-order valence-electron chi connectivity index (χ0n) is 15.9. The summed E-state index contributed by atoms with van der Waals surface area (Å²) in [5.74, 6) is 0.394. The van der Waals surface area contributed by atoms with Gasteiger partial charge in [-0.05, 0) is 25.8 Å². The van der Waals surface area contributed by atoms with Gasteiger partial charge in [0, 0.05) is 31.1 Å². The van der Waals surface area contributed by atoms with Crippen LogP contribution < -0.4 is 5.32 Å². The highest BCUT2D eigenvalue weighted by molar-refractivity contribution is 8.00. The van der Waals surface area contributed by atoms with E-state index in [9.17, 15) is 4.79 Å². The summed E-state index contributed by atoms with van der Waals surface area (Å²) in [6, 6.07) is 0. The lowest BCUT2D eigenvalue weighted by Crippen LogP contribution is -2.40.